The number of halogens is 2. The number of aliphatic imine (C=N–C) groups is 1. The van der Waals surface area contributed by atoms with Gasteiger partial charge in [-0.3, -0.25) is 9.67 Å². The number of H-pyrrole nitrogens is 1. The minimum absolute atomic E-state index is 0. The molecule has 0 aliphatic heterocycles. The first kappa shape index (κ1) is 20.2. The summed E-state index contributed by atoms with van der Waals surface area (Å²) in [5.41, 5.74) is 3.23. The van der Waals surface area contributed by atoms with Crippen molar-refractivity contribution in [3.05, 3.63) is 53.7 Å². The minimum Gasteiger partial charge on any atom is -0.361 e. The zero-order valence-corrected chi connectivity index (χ0v) is 17.3. The van der Waals surface area contributed by atoms with E-state index in [4.69, 9.17) is 0 Å². The summed E-state index contributed by atoms with van der Waals surface area (Å²) in [5, 5.41) is 11.7. The van der Waals surface area contributed by atoms with Crippen LogP contribution in [0.1, 0.15) is 11.1 Å². The monoisotopic (exact) mass is 470 g/mol. The Hall–Kier alpha value is -2.10. The van der Waals surface area contributed by atoms with E-state index >= 15 is 0 Å². The summed E-state index contributed by atoms with van der Waals surface area (Å²) in [6.07, 6.45) is 7.48. The van der Waals surface area contributed by atoms with Gasteiger partial charge in [-0.2, -0.15) is 5.10 Å². The lowest BCUT2D eigenvalue weighted by Crippen LogP contribution is -2.39. The van der Waals surface area contributed by atoms with E-state index in [0.717, 1.165) is 48.4 Å². The first-order chi connectivity index (χ1) is 12.2. The van der Waals surface area contributed by atoms with Gasteiger partial charge < -0.3 is 15.6 Å². The Labute approximate surface area is 169 Å². The number of aryl methyl sites for hydroxylation is 1. The molecule has 3 N–H and O–H groups in total. The van der Waals surface area contributed by atoms with Crippen molar-refractivity contribution in [1.29, 1.82) is 0 Å². The topological polar surface area (TPSA) is 70.0 Å². The summed E-state index contributed by atoms with van der Waals surface area (Å²) in [6.45, 7) is 1.50. The molecule has 1 aromatic carbocycles. The van der Waals surface area contributed by atoms with Gasteiger partial charge in [0.1, 0.15) is 5.82 Å². The van der Waals surface area contributed by atoms with Crippen LogP contribution in [0, 0.1) is 5.82 Å². The highest BCUT2D eigenvalue weighted by Gasteiger charge is 2.05. The van der Waals surface area contributed by atoms with Gasteiger partial charge in [-0.05, 0) is 42.2 Å². The number of aromatic nitrogens is 3. The summed E-state index contributed by atoms with van der Waals surface area (Å²) in [7, 11) is 3.66. The summed E-state index contributed by atoms with van der Waals surface area (Å²) >= 11 is 0. The molecule has 3 rings (SSSR count). The van der Waals surface area contributed by atoms with Crippen molar-refractivity contribution in [1.82, 2.24) is 25.4 Å². The van der Waals surface area contributed by atoms with Crippen LogP contribution in [-0.4, -0.2) is 40.9 Å². The third kappa shape index (κ3) is 5.20. The predicted molar refractivity (Wildman–Crippen MR) is 114 cm³/mol. The smallest absolute Gasteiger partial charge is 0.190 e. The van der Waals surface area contributed by atoms with Crippen LogP contribution in [0.15, 0.2) is 41.8 Å². The van der Waals surface area contributed by atoms with Crippen molar-refractivity contribution in [3.63, 3.8) is 0 Å². The van der Waals surface area contributed by atoms with E-state index in [2.05, 4.69) is 25.7 Å². The van der Waals surface area contributed by atoms with Gasteiger partial charge in [-0.1, -0.05) is 0 Å². The number of nitrogens with zero attached hydrogens (tertiary/aromatic N) is 3. The van der Waals surface area contributed by atoms with Crippen molar-refractivity contribution in [3.8, 4) is 0 Å². The van der Waals surface area contributed by atoms with Gasteiger partial charge in [-0.15, -0.1) is 24.0 Å². The van der Waals surface area contributed by atoms with Gasteiger partial charge in [0, 0.05) is 50.5 Å². The standard InChI is InChI=1S/C18H23FN6.HI/c1-20-18(21-7-5-13-10-24-25(2)12-13)22-8-6-14-11-23-17-4-3-15(19)9-16(14)17;/h3-4,9-12,23H,5-8H2,1-2H3,(H2,20,21,22);1H. The van der Waals surface area contributed by atoms with E-state index < -0.39 is 0 Å². The summed E-state index contributed by atoms with van der Waals surface area (Å²) in [6, 6.07) is 4.80. The lowest BCUT2D eigenvalue weighted by atomic mass is 10.1. The molecule has 2 heterocycles. The molecular weight excluding hydrogens is 446 g/mol. The average Bonchev–Trinajstić information content (AvgIpc) is 3.19. The fourth-order valence-electron chi connectivity index (χ4n) is 2.82. The number of nitrogens with one attached hydrogen (secondary N) is 3. The maximum Gasteiger partial charge on any atom is 0.190 e. The summed E-state index contributed by atoms with van der Waals surface area (Å²) in [5.74, 6) is 0.545. The van der Waals surface area contributed by atoms with E-state index in [9.17, 15) is 4.39 Å². The summed E-state index contributed by atoms with van der Waals surface area (Å²) in [4.78, 5) is 7.40. The fourth-order valence-corrected chi connectivity index (χ4v) is 2.82. The molecule has 6 nitrogen and oxygen atoms in total. The van der Waals surface area contributed by atoms with Gasteiger partial charge in [0.05, 0.1) is 6.20 Å². The number of benzene rings is 1. The number of fused-ring (bicyclic) bond motifs is 1. The minimum atomic E-state index is -0.214. The van der Waals surface area contributed by atoms with Crippen LogP contribution < -0.4 is 10.6 Å². The SMILES string of the molecule is CN=C(NCCc1cnn(C)c1)NCCc1c[nH]c2ccc(F)cc12.I. The van der Waals surface area contributed by atoms with E-state index in [1.165, 1.54) is 11.6 Å². The van der Waals surface area contributed by atoms with Crippen LogP contribution in [0.25, 0.3) is 10.9 Å². The van der Waals surface area contributed by atoms with Crippen LogP contribution in [0.4, 0.5) is 4.39 Å². The molecule has 3 aromatic rings. The summed E-state index contributed by atoms with van der Waals surface area (Å²) < 4.78 is 15.2. The third-order valence-electron chi connectivity index (χ3n) is 4.10. The number of rotatable bonds is 6. The maximum atomic E-state index is 13.4. The molecule has 0 unspecified atom stereocenters. The van der Waals surface area contributed by atoms with Crippen molar-refractivity contribution in [2.24, 2.45) is 12.0 Å². The molecule has 0 radical (unpaired) electrons. The highest BCUT2D eigenvalue weighted by atomic mass is 127. The zero-order chi connectivity index (χ0) is 17.6. The normalized spacial score (nSPS) is 11.4. The van der Waals surface area contributed by atoms with Crippen LogP contribution in [0.2, 0.25) is 0 Å². The Morgan fingerprint density at radius 3 is 2.73 bits per heavy atom. The van der Waals surface area contributed by atoms with Crippen LogP contribution in [0.3, 0.4) is 0 Å². The van der Waals surface area contributed by atoms with Crippen LogP contribution >= 0.6 is 24.0 Å². The number of hydrogen-bond donors (Lipinski definition) is 3. The number of aromatic amines is 1. The maximum absolute atomic E-state index is 13.4. The van der Waals surface area contributed by atoms with E-state index in [1.54, 1.807) is 23.9 Å². The van der Waals surface area contributed by atoms with Crippen LogP contribution in [0.5, 0.6) is 0 Å². The second-order valence-electron chi connectivity index (χ2n) is 5.95. The van der Waals surface area contributed by atoms with Gasteiger partial charge in [0.2, 0.25) is 0 Å². The fraction of sp³-hybridized carbons (Fsp3) is 0.333. The van der Waals surface area contributed by atoms with E-state index in [0.29, 0.717) is 0 Å². The highest BCUT2D eigenvalue weighted by molar-refractivity contribution is 14.0. The number of hydrogen-bond acceptors (Lipinski definition) is 2. The third-order valence-corrected chi connectivity index (χ3v) is 4.10. The van der Waals surface area contributed by atoms with E-state index in [-0.39, 0.29) is 29.8 Å². The van der Waals surface area contributed by atoms with Gasteiger partial charge in [0.15, 0.2) is 5.96 Å². The Kier molecular flexibility index (Phi) is 7.43. The average molecular weight is 470 g/mol. The molecule has 0 spiro atoms. The van der Waals surface area contributed by atoms with E-state index in [1.807, 2.05) is 25.6 Å². The Balaban J connectivity index is 0.00000243. The van der Waals surface area contributed by atoms with Gasteiger partial charge in [-0.25, -0.2) is 4.39 Å². The van der Waals surface area contributed by atoms with Gasteiger partial charge >= 0.3 is 0 Å². The largest absolute Gasteiger partial charge is 0.361 e. The first-order valence-electron chi connectivity index (χ1n) is 8.33. The molecule has 0 saturated carbocycles. The molecule has 0 aliphatic rings. The number of guanidine groups is 1. The Morgan fingerprint density at radius 2 is 2.04 bits per heavy atom. The Bertz CT molecular complexity index is 870. The molecular formula is C18H24FIN6. The molecule has 0 aliphatic carbocycles. The predicted octanol–water partition coefficient (Wildman–Crippen LogP) is 2.61. The van der Waals surface area contributed by atoms with Crippen molar-refractivity contribution >= 4 is 40.8 Å². The van der Waals surface area contributed by atoms with Crippen LogP contribution in [-0.2, 0) is 19.9 Å². The second-order valence-corrected chi connectivity index (χ2v) is 5.95. The van der Waals surface area contributed by atoms with Crippen molar-refractivity contribution < 1.29 is 4.39 Å². The first-order valence-corrected chi connectivity index (χ1v) is 8.33. The molecule has 0 saturated heterocycles. The van der Waals surface area contributed by atoms with Gasteiger partial charge in [0.25, 0.3) is 0 Å². The molecule has 0 atom stereocenters. The molecule has 0 bridgehead atoms. The van der Waals surface area contributed by atoms with Crippen molar-refractivity contribution in [2.45, 2.75) is 12.8 Å². The molecule has 26 heavy (non-hydrogen) atoms. The molecule has 140 valence electrons. The lowest BCUT2D eigenvalue weighted by Gasteiger charge is -2.11. The second kappa shape index (κ2) is 9.56. The lowest BCUT2D eigenvalue weighted by molar-refractivity contribution is 0.629. The quantitative estimate of drug-likeness (QED) is 0.295. The van der Waals surface area contributed by atoms with Crippen molar-refractivity contribution in [2.75, 3.05) is 20.1 Å². The Morgan fingerprint density at radius 1 is 1.27 bits per heavy atom. The highest BCUT2D eigenvalue weighted by Crippen LogP contribution is 2.19. The zero-order valence-electron chi connectivity index (χ0n) is 14.9. The molecule has 0 fully saturated rings. The molecule has 2 aromatic heterocycles. The molecule has 8 heteroatoms. The molecule has 0 amide bonds.